The molecular formula is C14H19ClN2O4S. The van der Waals surface area contributed by atoms with Gasteiger partial charge in [-0.3, -0.25) is 4.79 Å². The first-order valence-corrected chi connectivity index (χ1v) is 8.84. The Morgan fingerprint density at radius 2 is 2.09 bits per heavy atom. The van der Waals surface area contributed by atoms with E-state index in [9.17, 15) is 18.3 Å². The van der Waals surface area contributed by atoms with Crippen LogP contribution in [0.1, 0.15) is 32.3 Å². The number of carbonyl (C=O) groups excluding carboxylic acids is 1. The number of halogens is 1. The molecule has 3 N–H and O–H groups in total. The van der Waals surface area contributed by atoms with Crippen molar-refractivity contribution in [3.8, 4) is 0 Å². The number of amides is 1. The maximum absolute atomic E-state index is 12.0. The van der Waals surface area contributed by atoms with Crippen LogP contribution in [0.15, 0.2) is 23.1 Å². The van der Waals surface area contributed by atoms with Crippen LogP contribution in [0, 0.1) is 5.92 Å². The van der Waals surface area contributed by atoms with Crippen molar-refractivity contribution in [2.45, 2.75) is 37.3 Å². The third-order valence-corrected chi connectivity index (χ3v) is 5.08. The standard InChI is InChI=1S/C14H19ClN2O4S/c1-9(2)8-17-13(18)5-6-14(17,19)10-3-4-11(15)12(7-10)22(16,20)21/h3-4,7,9,19H,5-6,8H2,1-2H3,(H2,16,20,21). The maximum atomic E-state index is 12.0. The summed E-state index contributed by atoms with van der Waals surface area (Å²) >= 11 is 5.86. The highest BCUT2D eigenvalue weighted by Gasteiger charge is 2.45. The summed E-state index contributed by atoms with van der Waals surface area (Å²) in [6, 6.07) is 4.12. The molecule has 22 heavy (non-hydrogen) atoms. The molecule has 8 heteroatoms. The van der Waals surface area contributed by atoms with E-state index in [1.165, 1.54) is 23.1 Å². The molecule has 1 amide bonds. The largest absolute Gasteiger partial charge is 0.367 e. The van der Waals surface area contributed by atoms with Gasteiger partial charge in [-0.05, 0) is 18.1 Å². The van der Waals surface area contributed by atoms with E-state index in [-0.39, 0.29) is 34.6 Å². The van der Waals surface area contributed by atoms with Gasteiger partial charge in [0.25, 0.3) is 0 Å². The second kappa shape index (κ2) is 5.81. The van der Waals surface area contributed by atoms with E-state index in [2.05, 4.69) is 0 Å². The Balaban J connectivity index is 2.52. The molecule has 0 spiro atoms. The van der Waals surface area contributed by atoms with Crippen LogP contribution in [0.5, 0.6) is 0 Å². The molecule has 6 nitrogen and oxygen atoms in total. The van der Waals surface area contributed by atoms with Crippen LogP contribution >= 0.6 is 11.6 Å². The molecule has 1 aliphatic rings. The predicted octanol–water partition coefficient (Wildman–Crippen LogP) is 1.41. The molecule has 0 aliphatic carbocycles. The number of rotatable bonds is 4. The molecule has 1 atom stereocenters. The summed E-state index contributed by atoms with van der Waals surface area (Å²) in [5.74, 6) is 0.00175. The molecule has 1 fully saturated rings. The monoisotopic (exact) mass is 346 g/mol. The Hall–Kier alpha value is -1.15. The fourth-order valence-corrected chi connectivity index (χ4v) is 3.72. The number of likely N-dealkylation sites (tertiary alicyclic amines) is 1. The molecule has 0 aromatic heterocycles. The summed E-state index contributed by atoms with van der Waals surface area (Å²) in [6.45, 7) is 4.25. The van der Waals surface area contributed by atoms with E-state index in [0.717, 1.165) is 0 Å². The highest BCUT2D eigenvalue weighted by Crippen LogP contribution is 2.39. The van der Waals surface area contributed by atoms with Crippen LogP contribution in [-0.2, 0) is 20.5 Å². The lowest BCUT2D eigenvalue weighted by atomic mass is 9.99. The topological polar surface area (TPSA) is 101 Å². The summed E-state index contributed by atoms with van der Waals surface area (Å²) in [6.07, 6.45) is 0.404. The quantitative estimate of drug-likeness (QED) is 0.860. The summed E-state index contributed by atoms with van der Waals surface area (Å²) in [5, 5.41) is 16.1. The number of sulfonamides is 1. The summed E-state index contributed by atoms with van der Waals surface area (Å²) in [5.41, 5.74) is -1.24. The zero-order valence-electron chi connectivity index (χ0n) is 12.4. The molecule has 122 valence electrons. The van der Waals surface area contributed by atoms with Gasteiger partial charge in [0.05, 0.1) is 5.02 Å². The summed E-state index contributed by atoms with van der Waals surface area (Å²) in [7, 11) is -4.01. The smallest absolute Gasteiger partial charge is 0.239 e. The molecular weight excluding hydrogens is 328 g/mol. The molecule has 1 heterocycles. The van der Waals surface area contributed by atoms with Crippen molar-refractivity contribution in [1.82, 2.24) is 4.90 Å². The van der Waals surface area contributed by atoms with Crippen molar-refractivity contribution in [2.24, 2.45) is 11.1 Å². The van der Waals surface area contributed by atoms with Gasteiger partial charge in [0, 0.05) is 24.9 Å². The van der Waals surface area contributed by atoms with Gasteiger partial charge in [-0.25, -0.2) is 13.6 Å². The average molecular weight is 347 g/mol. The predicted molar refractivity (Wildman–Crippen MR) is 82.5 cm³/mol. The van der Waals surface area contributed by atoms with Gasteiger partial charge in [0.15, 0.2) is 5.72 Å². The zero-order chi connectivity index (χ0) is 16.7. The van der Waals surface area contributed by atoms with Crippen LogP contribution in [0.2, 0.25) is 5.02 Å². The van der Waals surface area contributed by atoms with Crippen LogP contribution < -0.4 is 5.14 Å². The summed E-state index contributed by atoms with van der Waals surface area (Å²) in [4.78, 5) is 13.2. The van der Waals surface area contributed by atoms with E-state index in [4.69, 9.17) is 16.7 Å². The molecule has 0 bridgehead atoms. The molecule has 1 aromatic rings. The molecule has 0 saturated carbocycles. The maximum Gasteiger partial charge on any atom is 0.239 e. The van der Waals surface area contributed by atoms with E-state index in [1.54, 1.807) is 0 Å². The second-order valence-corrected chi connectivity index (χ2v) is 7.84. The SMILES string of the molecule is CC(C)CN1C(=O)CCC1(O)c1ccc(Cl)c(S(N)(=O)=O)c1. The molecule has 2 rings (SSSR count). The fraction of sp³-hybridized carbons (Fsp3) is 0.500. The van der Waals surface area contributed by atoms with E-state index < -0.39 is 15.7 Å². The van der Waals surface area contributed by atoms with Crippen molar-refractivity contribution in [2.75, 3.05) is 6.54 Å². The van der Waals surface area contributed by atoms with Gasteiger partial charge in [0.1, 0.15) is 4.90 Å². The molecule has 1 saturated heterocycles. The molecule has 1 aromatic carbocycles. The Labute approximate surface area is 134 Å². The van der Waals surface area contributed by atoms with Crippen LogP contribution in [0.3, 0.4) is 0 Å². The first-order valence-electron chi connectivity index (χ1n) is 6.91. The molecule has 1 aliphatic heterocycles. The number of nitrogens with two attached hydrogens (primary N) is 1. The van der Waals surface area contributed by atoms with Gasteiger partial charge in [-0.2, -0.15) is 0 Å². The Morgan fingerprint density at radius 1 is 1.45 bits per heavy atom. The van der Waals surface area contributed by atoms with E-state index in [1.807, 2.05) is 13.8 Å². The Morgan fingerprint density at radius 3 is 2.64 bits per heavy atom. The van der Waals surface area contributed by atoms with Gasteiger partial charge in [0.2, 0.25) is 15.9 Å². The zero-order valence-corrected chi connectivity index (χ0v) is 14.0. The minimum Gasteiger partial charge on any atom is -0.367 e. The van der Waals surface area contributed by atoms with Gasteiger partial charge >= 0.3 is 0 Å². The van der Waals surface area contributed by atoms with Gasteiger partial charge < -0.3 is 10.0 Å². The number of hydrogen-bond acceptors (Lipinski definition) is 4. The minimum absolute atomic E-state index is 0.0189. The van der Waals surface area contributed by atoms with Crippen LogP contribution in [-0.4, -0.2) is 30.9 Å². The third kappa shape index (κ3) is 3.12. The number of benzene rings is 1. The minimum atomic E-state index is -4.01. The molecule has 1 unspecified atom stereocenters. The lowest BCUT2D eigenvalue weighted by Crippen LogP contribution is -2.45. The Bertz CT molecular complexity index is 705. The lowest BCUT2D eigenvalue weighted by molar-refractivity contribution is -0.148. The van der Waals surface area contributed by atoms with E-state index in [0.29, 0.717) is 12.1 Å². The summed E-state index contributed by atoms with van der Waals surface area (Å²) < 4.78 is 23.2. The van der Waals surface area contributed by atoms with Gasteiger partial charge in [-0.1, -0.05) is 31.5 Å². The molecule has 0 radical (unpaired) electrons. The van der Waals surface area contributed by atoms with E-state index >= 15 is 0 Å². The van der Waals surface area contributed by atoms with Crippen LogP contribution in [0.25, 0.3) is 0 Å². The normalized spacial score (nSPS) is 22.6. The first kappa shape index (κ1) is 17.2. The number of aliphatic hydroxyl groups is 1. The highest BCUT2D eigenvalue weighted by molar-refractivity contribution is 7.89. The fourth-order valence-electron chi connectivity index (χ4n) is 2.65. The number of hydrogen-bond donors (Lipinski definition) is 2. The number of carbonyl (C=O) groups is 1. The second-order valence-electron chi connectivity index (χ2n) is 5.91. The average Bonchev–Trinajstić information content (AvgIpc) is 2.67. The Kier molecular flexibility index (Phi) is 4.54. The number of nitrogens with zero attached hydrogens (tertiary/aromatic N) is 1. The highest BCUT2D eigenvalue weighted by atomic mass is 35.5. The van der Waals surface area contributed by atoms with Crippen LogP contribution in [0.4, 0.5) is 0 Å². The van der Waals surface area contributed by atoms with Crippen molar-refractivity contribution in [3.05, 3.63) is 28.8 Å². The van der Waals surface area contributed by atoms with Crippen molar-refractivity contribution in [3.63, 3.8) is 0 Å². The van der Waals surface area contributed by atoms with Crippen molar-refractivity contribution in [1.29, 1.82) is 0 Å². The van der Waals surface area contributed by atoms with Crippen molar-refractivity contribution >= 4 is 27.5 Å². The van der Waals surface area contributed by atoms with Crippen molar-refractivity contribution < 1.29 is 18.3 Å². The number of primary sulfonamides is 1. The van der Waals surface area contributed by atoms with Gasteiger partial charge in [-0.15, -0.1) is 0 Å². The third-order valence-electron chi connectivity index (χ3n) is 3.68. The lowest BCUT2D eigenvalue weighted by Gasteiger charge is -2.35. The first-order chi connectivity index (χ1) is 10.1.